The maximum absolute atomic E-state index is 4.69. The fourth-order valence-electron chi connectivity index (χ4n) is 12.7. The summed E-state index contributed by atoms with van der Waals surface area (Å²) in [7, 11) is 0. The topological polar surface area (TPSA) is 0 Å². The van der Waals surface area contributed by atoms with Gasteiger partial charge in [-0.2, -0.15) is 0 Å². The van der Waals surface area contributed by atoms with Gasteiger partial charge in [0, 0.05) is 10.8 Å². The van der Waals surface area contributed by atoms with Crippen LogP contribution in [0.25, 0.3) is 16.3 Å². The van der Waals surface area contributed by atoms with Crippen molar-refractivity contribution in [3.63, 3.8) is 0 Å². The summed E-state index contributed by atoms with van der Waals surface area (Å²) in [5.74, 6) is 7.31. The monoisotopic (exact) mass is 686 g/mol. The molecule has 1 heteroatoms. The normalized spacial score (nSPS) is 38.6. The van der Waals surface area contributed by atoms with Crippen LogP contribution in [-0.4, -0.2) is 0 Å². The molecule has 4 fully saturated rings. The molecule has 2 aromatic rings. The Morgan fingerprint density at radius 3 is 2.50 bits per heavy atom. The summed E-state index contributed by atoms with van der Waals surface area (Å²) in [6, 6.07) is 13.6. The standard InChI is InChI=1S/C49H66S/c1-33(2)12-9-15-35(4)45-24-25-46-43-22-20-39-30-36(26-28-48(39,5)47(43)27-29-49(45,46)6)31-44(37-16-8-7-13-34(3)14-10-17-37)42-19-11-18-38-32-40(50)21-23-41(38)42/h7-8,10-11,13-14,16-19,21,23,31-33,35-37,39,43,45-47,50H,9,12,15,20,22,24-30H2,1-6H3/b13-7-,16-8?,17-10-,34-14+,44-31+. The predicted octanol–water partition coefficient (Wildman–Crippen LogP) is 14.5. The van der Waals surface area contributed by atoms with Gasteiger partial charge in [0.15, 0.2) is 0 Å². The first-order valence-corrected chi connectivity index (χ1v) is 21.2. The second-order valence-electron chi connectivity index (χ2n) is 18.6. The van der Waals surface area contributed by atoms with E-state index in [0.717, 1.165) is 46.3 Å². The van der Waals surface area contributed by atoms with Gasteiger partial charge in [-0.15, -0.1) is 12.6 Å². The summed E-state index contributed by atoms with van der Waals surface area (Å²) >= 11 is 4.69. The van der Waals surface area contributed by atoms with Crippen molar-refractivity contribution in [2.75, 3.05) is 0 Å². The molecule has 0 aromatic heterocycles. The number of allylic oxidation sites excluding steroid dienone is 10. The molecule has 0 aliphatic heterocycles. The van der Waals surface area contributed by atoms with Crippen molar-refractivity contribution in [3.8, 4) is 0 Å². The van der Waals surface area contributed by atoms with E-state index < -0.39 is 0 Å². The van der Waals surface area contributed by atoms with Crippen molar-refractivity contribution < 1.29 is 0 Å². The summed E-state index contributed by atoms with van der Waals surface area (Å²) in [5, 5.41) is 2.63. The number of fused-ring (bicyclic) bond motifs is 6. The molecule has 10 atom stereocenters. The molecule has 0 N–H and O–H groups in total. The lowest BCUT2D eigenvalue weighted by Crippen LogP contribution is -2.53. The minimum absolute atomic E-state index is 0.242. The summed E-state index contributed by atoms with van der Waals surface area (Å²) in [6.45, 7) is 15.1. The molecule has 0 saturated heterocycles. The fourth-order valence-corrected chi connectivity index (χ4v) is 12.9. The first-order valence-electron chi connectivity index (χ1n) is 20.7. The van der Waals surface area contributed by atoms with E-state index in [1.807, 2.05) is 0 Å². The van der Waals surface area contributed by atoms with Crippen LogP contribution in [0.5, 0.6) is 0 Å². The lowest BCUT2D eigenvalue weighted by Gasteiger charge is -2.61. The van der Waals surface area contributed by atoms with E-state index in [1.54, 1.807) is 0 Å². The SMILES string of the molecule is CC1=C\C=C/C(/C(=C\C2CCC3(C)C(CCC4C3CCC3(C)C(C(C)CCCC(C)C)CCC43)C2)c2cccc3cc(S)ccc23)C=C/C=C\1. The van der Waals surface area contributed by atoms with Gasteiger partial charge in [0.05, 0.1) is 0 Å². The Bertz CT molecular complexity index is 1660. The zero-order valence-corrected chi connectivity index (χ0v) is 33.1. The Hall–Kier alpha value is -2.25. The Morgan fingerprint density at radius 1 is 0.860 bits per heavy atom. The van der Waals surface area contributed by atoms with E-state index in [2.05, 4.69) is 139 Å². The third-order valence-corrected chi connectivity index (χ3v) is 15.6. The van der Waals surface area contributed by atoms with E-state index in [-0.39, 0.29) is 5.92 Å². The molecule has 0 radical (unpaired) electrons. The highest BCUT2D eigenvalue weighted by Gasteiger charge is 2.60. The van der Waals surface area contributed by atoms with Crippen molar-refractivity contribution in [1.82, 2.24) is 0 Å². The molecule has 0 spiro atoms. The van der Waals surface area contributed by atoms with E-state index in [0.29, 0.717) is 16.7 Å². The lowest BCUT2D eigenvalue weighted by atomic mass is 9.44. The minimum atomic E-state index is 0.242. The molecule has 10 unspecified atom stereocenters. The first kappa shape index (κ1) is 36.1. The maximum Gasteiger partial charge on any atom is 0.0207 e. The second kappa shape index (κ2) is 15.0. The second-order valence-corrected chi connectivity index (χ2v) is 19.1. The predicted molar refractivity (Wildman–Crippen MR) is 220 cm³/mol. The van der Waals surface area contributed by atoms with Crippen LogP contribution < -0.4 is 0 Å². The highest BCUT2D eigenvalue weighted by Crippen LogP contribution is 2.69. The maximum atomic E-state index is 4.69. The van der Waals surface area contributed by atoms with Crippen molar-refractivity contribution >= 4 is 29.0 Å². The molecule has 5 aliphatic carbocycles. The number of hydrogen-bond donors (Lipinski definition) is 1. The Labute approximate surface area is 311 Å². The van der Waals surface area contributed by atoms with Gasteiger partial charge in [-0.1, -0.05) is 132 Å². The third-order valence-electron chi connectivity index (χ3n) is 15.3. The third kappa shape index (κ3) is 7.08. The van der Waals surface area contributed by atoms with Gasteiger partial charge in [0.1, 0.15) is 0 Å². The first-order chi connectivity index (χ1) is 24.1. The zero-order valence-electron chi connectivity index (χ0n) is 32.2. The van der Waals surface area contributed by atoms with Crippen LogP contribution >= 0.6 is 12.6 Å². The van der Waals surface area contributed by atoms with Crippen molar-refractivity contribution in [2.45, 2.75) is 123 Å². The number of rotatable bonds is 8. The molecule has 0 nitrogen and oxygen atoms in total. The van der Waals surface area contributed by atoms with Crippen LogP contribution in [0.2, 0.25) is 0 Å². The lowest BCUT2D eigenvalue weighted by molar-refractivity contribution is -0.118. The van der Waals surface area contributed by atoms with Crippen molar-refractivity contribution in [1.29, 1.82) is 0 Å². The van der Waals surface area contributed by atoms with Gasteiger partial charge in [-0.3, -0.25) is 0 Å². The fraction of sp³-hybridized carbons (Fsp3) is 0.592. The molecular formula is C49H66S. The quantitative estimate of drug-likeness (QED) is 0.263. The number of hydrogen-bond acceptors (Lipinski definition) is 1. The number of thiol groups is 1. The van der Waals surface area contributed by atoms with E-state index in [1.165, 1.54) is 105 Å². The largest absolute Gasteiger partial charge is 0.143 e. The zero-order chi connectivity index (χ0) is 35.0. The molecule has 268 valence electrons. The molecule has 2 aromatic carbocycles. The van der Waals surface area contributed by atoms with Gasteiger partial charge in [-0.05, 0) is 157 Å². The molecule has 0 amide bonds. The Morgan fingerprint density at radius 2 is 1.66 bits per heavy atom. The highest BCUT2D eigenvalue weighted by atomic mass is 32.1. The highest BCUT2D eigenvalue weighted by molar-refractivity contribution is 7.80. The molecule has 4 saturated carbocycles. The van der Waals surface area contributed by atoms with Crippen LogP contribution in [0.3, 0.4) is 0 Å². The smallest absolute Gasteiger partial charge is 0.0207 e. The van der Waals surface area contributed by atoms with Crippen LogP contribution in [-0.2, 0) is 0 Å². The summed E-state index contributed by atoms with van der Waals surface area (Å²) in [4.78, 5) is 1.03. The van der Waals surface area contributed by atoms with Crippen molar-refractivity contribution in [2.24, 2.45) is 64.1 Å². The van der Waals surface area contributed by atoms with Gasteiger partial charge in [-0.25, -0.2) is 0 Å². The summed E-state index contributed by atoms with van der Waals surface area (Å²) in [5.41, 5.74) is 5.26. The molecule has 7 rings (SSSR count). The van der Waals surface area contributed by atoms with E-state index in [4.69, 9.17) is 0 Å². The van der Waals surface area contributed by atoms with Gasteiger partial charge in [0.25, 0.3) is 0 Å². The molecular weight excluding hydrogens is 621 g/mol. The molecule has 50 heavy (non-hydrogen) atoms. The van der Waals surface area contributed by atoms with E-state index in [9.17, 15) is 0 Å². The van der Waals surface area contributed by atoms with E-state index >= 15 is 0 Å². The summed E-state index contributed by atoms with van der Waals surface area (Å²) in [6.07, 6.45) is 36.1. The van der Waals surface area contributed by atoms with Crippen LogP contribution in [0.4, 0.5) is 0 Å². The van der Waals surface area contributed by atoms with Crippen LogP contribution in [0, 0.1) is 64.1 Å². The van der Waals surface area contributed by atoms with Gasteiger partial charge >= 0.3 is 0 Å². The van der Waals surface area contributed by atoms with Crippen LogP contribution in [0.1, 0.15) is 124 Å². The molecule has 0 bridgehead atoms. The average molecular weight is 687 g/mol. The van der Waals surface area contributed by atoms with Gasteiger partial charge < -0.3 is 0 Å². The minimum Gasteiger partial charge on any atom is -0.143 e. The summed E-state index contributed by atoms with van der Waals surface area (Å²) < 4.78 is 0. The van der Waals surface area contributed by atoms with Crippen molar-refractivity contribution in [3.05, 3.63) is 96.1 Å². The van der Waals surface area contributed by atoms with Crippen LogP contribution in [0.15, 0.2) is 95.5 Å². The Kier molecular flexibility index (Phi) is 10.8. The number of benzene rings is 2. The Balaban J connectivity index is 1.13. The molecule has 5 aliphatic rings. The average Bonchev–Trinajstić information content (AvgIpc) is 3.49. The van der Waals surface area contributed by atoms with Gasteiger partial charge in [0.2, 0.25) is 0 Å². The molecule has 0 heterocycles.